The van der Waals surface area contributed by atoms with Gasteiger partial charge in [0.15, 0.2) is 0 Å². The van der Waals surface area contributed by atoms with Crippen LogP contribution in [0.3, 0.4) is 0 Å². The highest BCUT2D eigenvalue weighted by Crippen LogP contribution is 2.20. The molecular weight excluding hydrogens is 208 g/mol. The van der Waals surface area contributed by atoms with Crippen LogP contribution in [0.4, 0.5) is 11.4 Å². The van der Waals surface area contributed by atoms with Crippen LogP contribution in [0, 0.1) is 10.1 Å². The fourth-order valence-corrected chi connectivity index (χ4v) is 1.30. The average molecular weight is 220 g/mol. The van der Waals surface area contributed by atoms with E-state index in [1.54, 1.807) is 19.1 Å². The average Bonchev–Trinajstić information content (AvgIpc) is 2.16. The van der Waals surface area contributed by atoms with Crippen molar-refractivity contribution in [2.75, 3.05) is 0 Å². The van der Waals surface area contributed by atoms with E-state index >= 15 is 0 Å². The van der Waals surface area contributed by atoms with Crippen LogP contribution in [0.5, 0.6) is 0 Å². The van der Waals surface area contributed by atoms with Crippen molar-refractivity contribution in [3.05, 3.63) is 34.4 Å². The molecule has 0 saturated carbocycles. The summed E-state index contributed by atoms with van der Waals surface area (Å²) in [5.74, 6) is 0.0201. The minimum atomic E-state index is -0.473. The van der Waals surface area contributed by atoms with Crippen LogP contribution in [0.25, 0.3) is 0 Å². The Hall–Kier alpha value is -2.04. The number of Topliss-reactive ketones (excluding diaryl/α,β-unsaturated/α-hetero) is 1. The Labute approximate surface area is 93.0 Å². The molecule has 0 heterocycles. The summed E-state index contributed by atoms with van der Waals surface area (Å²) in [5.41, 5.74) is 1.14. The van der Waals surface area contributed by atoms with E-state index in [1.165, 1.54) is 19.1 Å². The van der Waals surface area contributed by atoms with Gasteiger partial charge in [-0.2, -0.15) is 0 Å². The predicted molar refractivity (Wildman–Crippen MR) is 61.2 cm³/mol. The van der Waals surface area contributed by atoms with Crippen molar-refractivity contribution >= 4 is 22.9 Å². The highest BCUT2D eigenvalue weighted by atomic mass is 16.6. The molecule has 0 N–H and O–H groups in total. The number of rotatable bonds is 4. The summed E-state index contributed by atoms with van der Waals surface area (Å²) in [6.45, 7) is 3.20. The minimum absolute atomic E-state index is 0.00289. The summed E-state index contributed by atoms with van der Waals surface area (Å²) in [4.78, 5) is 25.0. The molecule has 16 heavy (non-hydrogen) atoms. The Morgan fingerprint density at radius 2 is 2.12 bits per heavy atom. The monoisotopic (exact) mass is 220 g/mol. The largest absolute Gasteiger partial charge is 0.300 e. The molecule has 1 aromatic carbocycles. The van der Waals surface area contributed by atoms with Gasteiger partial charge in [0.1, 0.15) is 5.78 Å². The molecule has 0 fully saturated rings. The molecule has 0 saturated heterocycles. The second-order valence-corrected chi connectivity index (χ2v) is 3.50. The zero-order chi connectivity index (χ0) is 12.1. The molecule has 0 aliphatic carbocycles. The summed E-state index contributed by atoms with van der Waals surface area (Å²) >= 11 is 0. The molecule has 0 aromatic heterocycles. The Morgan fingerprint density at radius 1 is 1.44 bits per heavy atom. The summed E-state index contributed by atoms with van der Waals surface area (Å²) < 4.78 is 0. The van der Waals surface area contributed by atoms with E-state index in [1.807, 2.05) is 0 Å². The van der Waals surface area contributed by atoms with E-state index in [4.69, 9.17) is 0 Å². The molecule has 0 radical (unpaired) electrons. The molecule has 1 rings (SSSR count). The van der Waals surface area contributed by atoms with Crippen LogP contribution in [0.15, 0.2) is 29.3 Å². The molecular formula is C11H12N2O3. The number of ketones is 1. The van der Waals surface area contributed by atoms with Gasteiger partial charge in [-0.3, -0.25) is 19.9 Å². The van der Waals surface area contributed by atoms with Gasteiger partial charge in [0.25, 0.3) is 5.69 Å². The van der Waals surface area contributed by atoms with Crippen molar-refractivity contribution in [1.82, 2.24) is 0 Å². The van der Waals surface area contributed by atoms with Gasteiger partial charge >= 0.3 is 0 Å². The first-order valence-electron chi connectivity index (χ1n) is 4.77. The number of carbonyl (C=O) groups excluding carboxylic acids is 1. The van der Waals surface area contributed by atoms with Gasteiger partial charge in [0.2, 0.25) is 0 Å². The van der Waals surface area contributed by atoms with E-state index in [2.05, 4.69) is 4.99 Å². The number of benzene rings is 1. The second kappa shape index (κ2) is 5.16. The van der Waals surface area contributed by atoms with E-state index in [-0.39, 0.29) is 17.9 Å². The molecule has 5 heteroatoms. The maximum Gasteiger partial charge on any atom is 0.271 e. The lowest BCUT2D eigenvalue weighted by Gasteiger charge is -1.98. The standard InChI is InChI=1S/C11H12N2O3/c1-8(6-9(2)14)12-10-4-3-5-11(7-10)13(15)16/h3-5,7H,6H2,1-2H3. The molecule has 0 atom stereocenters. The third-order valence-electron chi connectivity index (χ3n) is 1.87. The van der Waals surface area contributed by atoms with E-state index in [0.717, 1.165) is 0 Å². The van der Waals surface area contributed by atoms with Crippen molar-refractivity contribution in [2.45, 2.75) is 20.3 Å². The molecule has 5 nitrogen and oxygen atoms in total. The third kappa shape index (κ3) is 3.61. The first-order chi connectivity index (χ1) is 7.49. The second-order valence-electron chi connectivity index (χ2n) is 3.50. The number of hydrogen-bond donors (Lipinski definition) is 0. The van der Waals surface area contributed by atoms with Crippen molar-refractivity contribution in [3.8, 4) is 0 Å². The number of nitro groups is 1. The normalized spacial score (nSPS) is 11.2. The number of nitrogens with zero attached hydrogens (tertiary/aromatic N) is 2. The highest BCUT2D eigenvalue weighted by Gasteiger charge is 2.05. The molecule has 0 amide bonds. The summed E-state index contributed by atoms with van der Waals surface area (Å²) in [6, 6.07) is 6.01. The molecule has 0 spiro atoms. The van der Waals surface area contributed by atoms with Crippen molar-refractivity contribution in [2.24, 2.45) is 4.99 Å². The molecule has 0 unspecified atom stereocenters. The fraction of sp³-hybridized carbons (Fsp3) is 0.273. The van der Waals surface area contributed by atoms with Gasteiger partial charge in [0, 0.05) is 24.3 Å². The lowest BCUT2D eigenvalue weighted by atomic mass is 10.2. The number of carbonyl (C=O) groups is 1. The number of aliphatic imine (C=N–C) groups is 1. The molecule has 0 aliphatic heterocycles. The summed E-state index contributed by atoms with van der Waals surface area (Å²) in [7, 11) is 0. The molecule has 84 valence electrons. The number of hydrogen-bond acceptors (Lipinski definition) is 4. The lowest BCUT2D eigenvalue weighted by Crippen LogP contribution is -1.99. The third-order valence-corrected chi connectivity index (χ3v) is 1.87. The topological polar surface area (TPSA) is 72.6 Å². The number of nitro benzene ring substituents is 1. The zero-order valence-electron chi connectivity index (χ0n) is 9.14. The first kappa shape index (κ1) is 12.0. The quantitative estimate of drug-likeness (QED) is 0.444. The molecule has 0 bridgehead atoms. The summed E-state index contributed by atoms with van der Waals surface area (Å²) in [5, 5.41) is 10.5. The van der Waals surface area contributed by atoms with E-state index < -0.39 is 4.92 Å². The maximum absolute atomic E-state index is 10.8. The smallest absolute Gasteiger partial charge is 0.271 e. The predicted octanol–water partition coefficient (Wildman–Crippen LogP) is 2.67. The van der Waals surface area contributed by atoms with Crippen LogP contribution >= 0.6 is 0 Å². The van der Waals surface area contributed by atoms with Crippen LogP contribution in [0.2, 0.25) is 0 Å². The van der Waals surface area contributed by atoms with Crippen molar-refractivity contribution < 1.29 is 9.72 Å². The van der Waals surface area contributed by atoms with Gasteiger partial charge in [-0.05, 0) is 19.9 Å². The minimum Gasteiger partial charge on any atom is -0.300 e. The molecule has 1 aromatic rings. The van der Waals surface area contributed by atoms with Gasteiger partial charge in [-0.1, -0.05) is 6.07 Å². The van der Waals surface area contributed by atoms with Crippen LogP contribution in [-0.2, 0) is 4.79 Å². The first-order valence-corrected chi connectivity index (χ1v) is 4.77. The van der Waals surface area contributed by atoms with E-state index in [9.17, 15) is 14.9 Å². The van der Waals surface area contributed by atoms with Crippen LogP contribution < -0.4 is 0 Å². The van der Waals surface area contributed by atoms with Crippen molar-refractivity contribution in [3.63, 3.8) is 0 Å². The maximum atomic E-state index is 10.8. The van der Waals surface area contributed by atoms with Crippen LogP contribution in [-0.4, -0.2) is 16.4 Å². The zero-order valence-corrected chi connectivity index (χ0v) is 9.14. The Bertz CT molecular complexity index is 452. The highest BCUT2D eigenvalue weighted by molar-refractivity contribution is 6.00. The Kier molecular flexibility index (Phi) is 3.88. The van der Waals surface area contributed by atoms with Gasteiger partial charge < -0.3 is 0 Å². The van der Waals surface area contributed by atoms with Gasteiger partial charge in [-0.25, -0.2) is 0 Å². The SMILES string of the molecule is CC(=O)CC(C)=Nc1cccc([N+](=O)[O-])c1. The molecule has 0 aliphatic rings. The Morgan fingerprint density at radius 3 is 2.69 bits per heavy atom. The van der Waals surface area contributed by atoms with Gasteiger partial charge in [0.05, 0.1) is 10.6 Å². The fourth-order valence-electron chi connectivity index (χ4n) is 1.30. The van der Waals surface area contributed by atoms with E-state index in [0.29, 0.717) is 11.4 Å². The lowest BCUT2D eigenvalue weighted by molar-refractivity contribution is -0.384. The Balaban J connectivity index is 2.92. The summed E-state index contributed by atoms with van der Waals surface area (Å²) in [6.07, 6.45) is 0.267. The van der Waals surface area contributed by atoms with Crippen molar-refractivity contribution in [1.29, 1.82) is 0 Å². The van der Waals surface area contributed by atoms with Crippen LogP contribution in [0.1, 0.15) is 20.3 Å². The van der Waals surface area contributed by atoms with Gasteiger partial charge in [-0.15, -0.1) is 0 Å². The number of non-ortho nitro benzene ring substituents is 1.